The molecular formula is C15H21N3O2. The van der Waals surface area contributed by atoms with Crippen molar-refractivity contribution in [2.24, 2.45) is 5.73 Å². The Morgan fingerprint density at radius 3 is 2.80 bits per heavy atom. The number of nitrogens with zero attached hydrogens (tertiary/aromatic N) is 2. The van der Waals surface area contributed by atoms with Crippen LogP contribution in [0, 0.1) is 0 Å². The highest BCUT2D eigenvalue weighted by atomic mass is 16.5. The number of nitrogens with two attached hydrogens (primary N) is 1. The predicted molar refractivity (Wildman–Crippen MR) is 76.2 cm³/mol. The second-order valence-corrected chi connectivity index (χ2v) is 4.78. The van der Waals surface area contributed by atoms with Crippen molar-refractivity contribution in [3.8, 4) is 0 Å². The van der Waals surface area contributed by atoms with Crippen LogP contribution < -0.4 is 5.73 Å². The smallest absolute Gasteiger partial charge is 0.243 e. The minimum atomic E-state index is -0.205. The molecule has 5 heteroatoms. The zero-order valence-corrected chi connectivity index (χ0v) is 11.8. The van der Waals surface area contributed by atoms with Crippen LogP contribution in [0.4, 0.5) is 0 Å². The molecule has 20 heavy (non-hydrogen) atoms. The molecule has 1 heterocycles. The van der Waals surface area contributed by atoms with E-state index in [1.807, 2.05) is 18.2 Å². The first-order chi connectivity index (χ1) is 9.79. The molecule has 0 amide bonds. The number of benzene rings is 1. The van der Waals surface area contributed by atoms with Gasteiger partial charge in [0, 0.05) is 20.1 Å². The highest BCUT2D eigenvalue weighted by Crippen LogP contribution is 2.14. The zero-order valence-electron chi connectivity index (χ0n) is 11.8. The van der Waals surface area contributed by atoms with Crippen LogP contribution in [0.1, 0.15) is 36.2 Å². The topological polar surface area (TPSA) is 74.2 Å². The van der Waals surface area contributed by atoms with Gasteiger partial charge in [-0.15, -0.1) is 0 Å². The van der Waals surface area contributed by atoms with Crippen LogP contribution in [0.3, 0.4) is 0 Å². The fourth-order valence-corrected chi connectivity index (χ4v) is 1.99. The molecule has 1 unspecified atom stereocenters. The van der Waals surface area contributed by atoms with Crippen LogP contribution in [-0.4, -0.2) is 23.9 Å². The molecule has 1 aromatic heterocycles. The molecule has 1 atom stereocenters. The van der Waals surface area contributed by atoms with Gasteiger partial charge in [0.2, 0.25) is 5.89 Å². The Morgan fingerprint density at radius 1 is 1.25 bits per heavy atom. The molecule has 2 aromatic rings. The SMILES string of the molecule is COCCCC(N)c1nc(CCc2ccccc2)no1. The van der Waals surface area contributed by atoms with Crippen LogP contribution in [0.25, 0.3) is 0 Å². The molecule has 1 aromatic carbocycles. The monoisotopic (exact) mass is 275 g/mol. The summed E-state index contributed by atoms with van der Waals surface area (Å²) in [6, 6.07) is 10.1. The molecule has 2 rings (SSSR count). The maximum atomic E-state index is 6.00. The largest absolute Gasteiger partial charge is 0.385 e. The molecular weight excluding hydrogens is 254 g/mol. The van der Waals surface area contributed by atoms with E-state index in [-0.39, 0.29) is 6.04 Å². The summed E-state index contributed by atoms with van der Waals surface area (Å²) < 4.78 is 10.2. The second-order valence-electron chi connectivity index (χ2n) is 4.78. The summed E-state index contributed by atoms with van der Waals surface area (Å²) in [6.45, 7) is 0.697. The Labute approximate surface area is 119 Å². The third-order valence-electron chi connectivity index (χ3n) is 3.14. The molecule has 0 aliphatic rings. The summed E-state index contributed by atoms with van der Waals surface area (Å²) in [4.78, 5) is 4.36. The van der Waals surface area contributed by atoms with Crippen molar-refractivity contribution in [2.75, 3.05) is 13.7 Å². The highest BCUT2D eigenvalue weighted by molar-refractivity contribution is 5.15. The lowest BCUT2D eigenvalue weighted by molar-refractivity contribution is 0.188. The normalized spacial score (nSPS) is 12.5. The van der Waals surface area contributed by atoms with Gasteiger partial charge in [-0.05, 0) is 24.8 Å². The number of hydrogen-bond donors (Lipinski definition) is 1. The first-order valence-electron chi connectivity index (χ1n) is 6.90. The summed E-state index contributed by atoms with van der Waals surface area (Å²) in [6.07, 6.45) is 3.34. The number of rotatable bonds is 8. The van der Waals surface area contributed by atoms with Crippen molar-refractivity contribution in [1.29, 1.82) is 0 Å². The van der Waals surface area contributed by atoms with Crippen LogP contribution in [0.15, 0.2) is 34.9 Å². The summed E-state index contributed by atoms with van der Waals surface area (Å²) in [5, 5.41) is 3.98. The van der Waals surface area contributed by atoms with Gasteiger partial charge in [-0.25, -0.2) is 0 Å². The number of aromatic nitrogens is 2. The summed E-state index contributed by atoms with van der Waals surface area (Å²) in [5.74, 6) is 1.23. The van der Waals surface area contributed by atoms with Gasteiger partial charge in [-0.3, -0.25) is 0 Å². The van der Waals surface area contributed by atoms with Crippen molar-refractivity contribution in [3.63, 3.8) is 0 Å². The zero-order chi connectivity index (χ0) is 14.2. The number of aryl methyl sites for hydroxylation is 2. The van der Waals surface area contributed by atoms with E-state index >= 15 is 0 Å². The van der Waals surface area contributed by atoms with E-state index in [9.17, 15) is 0 Å². The van der Waals surface area contributed by atoms with Gasteiger partial charge >= 0.3 is 0 Å². The standard InChI is InChI=1S/C15H21N3O2/c1-19-11-5-8-13(16)15-17-14(18-20-15)10-9-12-6-3-2-4-7-12/h2-4,6-7,13H,5,8-11,16H2,1H3. The highest BCUT2D eigenvalue weighted by Gasteiger charge is 2.14. The van der Waals surface area contributed by atoms with E-state index in [1.54, 1.807) is 7.11 Å². The van der Waals surface area contributed by atoms with Crippen molar-refractivity contribution in [2.45, 2.75) is 31.7 Å². The van der Waals surface area contributed by atoms with Crippen LogP contribution in [-0.2, 0) is 17.6 Å². The Hall–Kier alpha value is -1.72. The van der Waals surface area contributed by atoms with E-state index in [2.05, 4.69) is 22.3 Å². The predicted octanol–water partition coefficient (Wildman–Crippen LogP) is 2.28. The molecule has 0 fully saturated rings. The average Bonchev–Trinajstić information content (AvgIpc) is 2.95. The van der Waals surface area contributed by atoms with Crippen molar-refractivity contribution < 1.29 is 9.26 Å². The van der Waals surface area contributed by atoms with Crippen molar-refractivity contribution >= 4 is 0 Å². The van der Waals surface area contributed by atoms with Gasteiger partial charge in [-0.2, -0.15) is 4.98 Å². The Bertz CT molecular complexity index is 499. The molecule has 0 radical (unpaired) electrons. The van der Waals surface area contributed by atoms with E-state index in [0.29, 0.717) is 18.3 Å². The maximum Gasteiger partial charge on any atom is 0.243 e. The fraction of sp³-hybridized carbons (Fsp3) is 0.467. The van der Waals surface area contributed by atoms with Crippen LogP contribution in [0.2, 0.25) is 0 Å². The Morgan fingerprint density at radius 2 is 2.05 bits per heavy atom. The van der Waals surface area contributed by atoms with E-state index in [0.717, 1.165) is 25.7 Å². The van der Waals surface area contributed by atoms with Gasteiger partial charge in [0.15, 0.2) is 5.82 Å². The molecule has 0 aliphatic heterocycles. The number of methoxy groups -OCH3 is 1. The number of hydrogen-bond acceptors (Lipinski definition) is 5. The minimum Gasteiger partial charge on any atom is -0.385 e. The third-order valence-corrected chi connectivity index (χ3v) is 3.14. The lowest BCUT2D eigenvalue weighted by Gasteiger charge is -2.04. The quantitative estimate of drug-likeness (QED) is 0.748. The summed E-state index contributed by atoms with van der Waals surface area (Å²) in [5.41, 5.74) is 7.27. The molecule has 108 valence electrons. The van der Waals surface area contributed by atoms with Gasteiger partial charge in [0.05, 0.1) is 6.04 Å². The second kappa shape index (κ2) is 7.77. The minimum absolute atomic E-state index is 0.205. The first kappa shape index (κ1) is 14.7. The molecule has 0 aliphatic carbocycles. The summed E-state index contributed by atoms with van der Waals surface area (Å²) >= 11 is 0. The van der Waals surface area contributed by atoms with Gasteiger partial charge in [-0.1, -0.05) is 35.5 Å². The molecule has 0 saturated heterocycles. The van der Waals surface area contributed by atoms with Crippen LogP contribution >= 0.6 is 0 Å². The van der Waals surface area contributed by atoms with Crippen molar-refractivity contribution in [3.05, 3.63) is 47.6 Å². The van der Waals surface area contributed by atoms with Gasteiger partial charge in [0.25, 0.3) is 0 Å². The van der Waals surface area contributed by atoms with Gasteiger partial charge < -0.3 is 15.0 Å². The van der Waals surface area contributed by atoms with E-state index in [4.69, 9.17) is 15.0 Å². The lowest BCUT2D eigenvalue weighted by Crippen LogP contribution is -2.11. The van der Waals surface area contributed by atoms with Crippen molar-refractivity contribution in [1.82, 2.24) is 10.1 Å². The van der Waals surface area contributed by atoms with Crippen LogP contribution in [0.5, 0.6) is 0 Å². The Balaban J connectivity index is 1.82. The van der Waals surface area contributed by atoms with Gasteiger partial charge in [0.1, 0.15) is 0 Å². The van der Waals surface area contributed by atoms with E-state index < -0.39 is 0 Å². The fourth-order valence-electron chi connectivity index (χ4n) is 1.99. The maximum absolute atomic E-state index is 6.00. The number of ether oxygens (including phenoxy) is 1. The molecule has 0 saturated carbocycles. The van der Waals surface area contributed by atoms with E-state index in [1.165, 1.54) is 5.56 Å². The molecule has 0 bridgehead atoms. The lowest BCUT2D eigenvalue weighted by atomic mass is 10.1. The molecule has 2 N–H and O–H groups in total. The Kier molecular flexibility index (Phi) is 5.70. The summed E-state index contributed by atoms with van der Waals surface area (Å²) in [7, 11) is 1.68. The average molecular weight is 275 g/mol. The molecule has 5 nitrogen and oxygen atoms in total. The first-order valence-corrected chi connectivity index (χ1v) is 6.90. The molecule has 0 spiro atoms. The third kappa shape index (κ3) is 4.43.